The molecule has 1 aromatic carbocycles. The van der Waals surface area contributed by atoms with Gasteiger partial charge in [0.2, 0.25) is 5.91 Å². The van der Waals surface area contributed by atoms with Crippen LogP contribution in [0.2, 0.25) is 0 Å². The number of para-hydroxylation sites is 1. The van der Waals surface area contributed by atoms with E-state index in [2.05, 4.69) is 5.32 Å². The predicted molar refractivity (Wildman–Crippen MR) is 63.5 cm³/mol. The molecular weight excluding hydrogens is 222 g/mol. The zero-order valence-electron chi connectivity index (χ0n) is 9.72. The van der Waals surface area contributed by atoms with E-state index in [0.29, 0.717) is 12.1 Å². The summed E-state index contributed by atoms with van der Waals surface area (Å²) < 4.78 is 4.98. The lowest BCUT2D eigenvalue weighted by Crippen LogP contribution is -2.40. The van der Waals surface area contributed by atoms with Crippen molar-refractivity contribution < 1.29 is 19.7 Å². The van der Waals surface area contributed by atoms with Gasteiger partial charge in [-0.15, -0.1) is 0 Å². The fraction of sp³-hybridized carbons (Fsp3) is 0.417. The number of carbonyl (C=O) groups is 1. The van der Waals surface area contributed by atoms with E-state index in [1.54, 1.807) is 12.1 Å². The number of hydrogen-bond donors (Lipinski definition) is 3. The summed E-state index contributed by atoms with van der Waals surface area (Å²) in [6.07, 6.45) is 0.534. The standard InChI is InChI=1S/C12H17NO4/c1-17-12(16,9-5-8-11(14)15)13-10-6-3-2-4-7-10/h2-4,6-7,13,16H,5,8-9H2,1H3,(H,14,15)/t12-/m1/s1. The van der Waals surface area contributed by atoms with Gasteiger partial charge in [0, 0.05) is 25.6 Å². The Kier molecular flexibility index (Phi) is 4.93. The maximum atomic E-state index is 10.4. The normalized spacial score (nSPS) is 14.0. The SMILES string of the molecule is CO[C@](O)(CCCC(=O)O)Nc1ccccc1. The molecule has 0 aliphatic rings. The number of ether oxygens (including phenoxy) is 1. The molecule has 0 heterocycles. The van der Waals surface area contributed by atoms with Crippen LogP contribution in [0.15, 0.2) is 30.3 Å². The van der Waals surface area contributed by atoms with Crippen molar-refractivity contribution >= 4 is 11.7 Å². The van der Waals surface area contributed by atoms with Crippen LogP contribution in [0.5, 0.6) is 0 Å². The molecule has 1 rings (SSSR count). The van der Waals surface area contributed by atoms with Gasteiger partial charge < -0.3 is 20.3 Å². The number of aliphatic hydroxyl groups is 1. The Bertz CT molecular complexity index is 355. The molecule has 0 radical (unpaired) electrons. The van der Waals surface area contributed by atoms with E-state index in [9.17, 15) is 9.90 Å². The van der Waals surface area contributed by atoms with E-state index in [-0.39, 0.29) is 12.8 Å². The molecular formula is C12H17NO4. The van der Waals surface area contributed by atoms with Crippen LogP contribution in [0.1, 0.15) is 19.3 Å². The molecule has 0 aliphatic heterocycles. The van der Waals surface area contributed by atoms with Crippen molar-refractivity contribution in [3.8, 4) is 0 Å². The first-order chi connectivity index (χ1) is 8.06. The molecule has 0 bridgehead atoms. The molecule has 0 amide bonds. The van der Waals surface area contributed by atoms with E-state index < -0.39 is 11.9 Å². The number of rotatable bonds is 7. The molecule has 5 heteroatoms. The largest absolute Gasteiger partial charge is 0.481 e. The molecule has 0 saturated carbocycles. The van der Waals surface area contributed by atoms with Gasteiger partial charge in [-0.25, -0.2) is 0 Å². The predicted octanol–water partition coefficient (Wildman–Crippen LogP) is 1.65. The van der Waals surface area contributed by atoms with Crippen molar-refractivity contribution in [3.63, 3.8) is 0 Å². The number of anilines is 1. The van der Waals surface area contributed by atoms with Crippen LogP contribution in [0.25, 0.3) is 0 Å². The van der Waals surface area contributed by atoms with Crippen LogP contribution in [-0.2, 0) is 9.53 Å². The van der Waals surface area contributed by atoms with Gasteiger partial charge in [-0.2, -0.15) is 0 Å². The Morgan fingerprint density at radius 1 is 1.41 bits per heavy atom. The molecule has 1 aromatic rings. The number of carboxylic acids is 1. The smallest absolute Gasteiger partial charge is 0.303 e. The Labute approximate surface area is 100 Å². The summed E-state index contributed by atoms with van der Waals surface area (Å²) in [5.74, 6) is -2.42. The zero-order valence-corrected chi connectivity index (χ0v) is 9.72. The summed E-state index contributed by atoms with van der Waals surface area (Å²) in [5, 5.41) is 21.4. The third-order valence-electron chi connectivity index (χ3n) is 2.36. The minimum atomic E-state index is -1.53. The van der Waals surface area contributed by atoms with Gasteiger partial charge in [-0.3, -0.25) is 4.79 Å². The summed E-state index contributed by atoms with van der Waals surface area (Å²) in [6, 6.07) is 9.11. The van der Waals surface area contributed by atoms with Gasteiger partial charge in [0.25, 0.3) is 0 Å². The van der Waals surface area contributed by atoms with Crippen LogP contribution in [-0.4, -0.2) is 29.2 Å². The Hall–Kier alpha value is -1.59. The number of nitrogens with one attached hydrogen (secondary N) is 1. The van der Waals surface area contributed by atoms with E-state index in [1.807, 2.05) is 18.2 Å². The molecule has 0 aliphatic carbocycles. The van der Waals surface area contributed by atoms with E-state index in [4.69, 9.17) is 9.84 Å². The quantitative estimate of drug-likeness (QED) is 0.630. The van der Waals surface area contributed by atoms with Gasteiger partial charge in [0.15, 0.2) is 0 Å². The highest BCUT2D eigenvalue weighted by Crippen LogP contribution is 2.19. The van der Waals surface area contributed by atoms with Gasteiger partial charge in [-0.1, -0.05) is 18.2 Å². The summed E-state index contributed by atoms with van der Waals surface area (Å²) in [7, 11) is 1.37. The third kappa shape index (κ3) is 4.84. The summed E-state index contributed by atoms with van der Waals surface area (Å²) in [4.78, 5) is 10.4. The molecule has 0 fully saturated rings. The number of methoxy groups -OCH3 is 1. The molecule has 0 saturated heterocycles. The van der Waals surface area contributed by atoms with Crippen LogP contribution in [0.3, 0.4) is 0 Å². The first-order valence-corrected chi connectivity index (χ1v) is 5.38. The first-order valence-electron chi connectivity index (χ1n) is 5.38. The topological polar surface area (TPSA) is 78.8 Å². The van der Waals surface area contributed by atoms with Crippen molar-refractivity contribution in [2.75, 3.05) is 12.4 Å². The molecule has 1 atom stereocenters. The van der Waals surface area contributed by atoms with E-state index >= 15 is 0 Å². The van der Waals surface area contributed by atoms with Crippen LogP contribution >= 0.6 is 0 Å². The van der Waals surface area contributed by atoms with Crippen LogP contribution < -0.4 is 5.32 Å². The van der Waals surface area contributed by atoms with Gasteiger partial charge in [0.1, 0.15) is 0 Å². The third-order valence-corrected chi connectivity index (χ3v) is 2.36. The fourth-order valence-electron chi connectivity index (χ4n) is 1.44. The molecule has 5 nitrogen and oxygen atoms in total. The Morgan fingerprint density at radius 3 is 2.59 bits per heavy atom. The Morgan fingerprint density at radius 2 is 2.06 bits per heavy atom. The Balaban J connectivity index is 2.53. The van der Waals surface area contributed by atoms with Crippen molar-refractivity contribution in [2.45, 2.75) is 25.2 Å². The van der Waals surface area contributed by atoms with Crippen molar-refractivity contribution in [2.24, 2.45) is 0 Å². The number of carboxylic acid groups (broad SMARTS) is 1. The highest BCUT2D eigenvalue weighted by atomic mass is 16.6. The molecule has 0 unspecified atom stereocenters. The minimum Gasteiger partial charge on any atom is -0.481 e. The molecule has 0 aromatic heterocycles. The van der Waals surface area contributed by atoms with Crippen molar-refractivity contribution in [1.29, 1.82) is 0 Å². The molecule has 3 N–H and O–H groups in total. The van der Waals surface area contributed by atoms with E-state index in [0.717, 1.165) is 0 Å². The van der Waals surface area contributed by atoms with Gasteiger partial charge >= 0.3 is 5.97 Å². The summed E-state index contributed by atoms with van der Waals surface area (Å²) in [6.45, 7) is 0. The lowest BCUT2D eigenvalue weighted by Gasteiger charge is -2.28. The summed E-state index contributed by atoms with van der Waals surface area (Å²) in [5.41, 5.74) is 0.715. The number of hydrogen-bond acceptors (Lipinski definition) is 4. The molecule has 94 valence electrons. The minimum absolute atomic E-state index is 0.00212. The monoisotopic (exact) mass is 239 g/mol. The highest BCUT2D eigenvalue weighted by molar-refractivity contribution is 5.66. The fourth-order valence-corrected chi connectivity index (χ4v) is 1.44. The lowest BCUT2D eigenvalue weighted by atomic mass is 10.2. The molecule has 0 spiro atoms. The average molecular weight is 239 g/mol. The van der Waals surface area contributed by atoms with Crippen LogP contribution in [0.4, 0.5) is 5.69 Å². The van der Waals surface area contributed by atoms with E-state index in [1.165, 1.54) is 7.11 Å². The number of benzene rings is 1. The van der Waals surface area contributed by atoms with Gasteiger partial charge in [0.05, 0.1) is 0 Å². The number of aliphatic carboxylic acids is 1. The average Bonchev–Trinajstić information content (AvgIpc) is 2.30. The second kappa shape index (κ2) is 6.22. The second-order valence-electron chi connectivity index (χ2n) is 3.73. The van der Waals surface area contributed by atoms with Crippen molar-refractivity contribution in [3.05, 3.63) is 30.3 Å². The lowest BCUT2D eigenvalue weighted by molar-refractivity contribution is -0.168. The first kappa shape index (κ1) is 13.5. The molecule has 17 heavy (non-hydrogen) atoms. The maximum absolute atomic E-state index is 10.4. The van der Waals surface area contributed by atoms with Crippen molar-refractivity contribution in [1.82, 2.24) is 0 Å². The van der Waals surface area contributed by atoms with Gasteiger partial charge in [-0.05, 0) is 18.6 Å². The summed E-state index contributed by atoms with van der Waals surface area (Å²) >= 11 is 0. The zero-order chi connectivity index (χ0) is 12.7. The highest BCUT2D eigenvalue weighted by Gasteiger charge is 2.25. The second-order valence-corrected chi connectivity index (χ2v) is 3.73. The maximum Gasteiger partial charge on any atom is 0.303 e. The van der Waals surface area contributed by atoms with Crippen LogP contribution in [0, 0.1) is 0 Å².